The van der Waals surface area contributed by atoms with E-state index in [0.29, 0.717) is 13.1 Å². The van der Waals surface area contributed by atoms with E-state index in [0.717, 1.165) is 12.8 Å². The summed E-state index contributed by atoms with van der Waals surface area (Å²) in [7, 11) is 0. The number of aliphatic hydroxyl groups is 1. The molecule has 0 bridgehead atoms. The minimum Gasteiger partial charge on any atom is -0.388 e. The predicted octanol–water partition coefficient (Wildman–Crippen LogP) is 1.12. The lowest BCUT2D eigenvalue weighted by atomic mass is 9.73. The Morgan fingerprint density at radius 1 is 1.35 bits per heavy atom. The molecule has 0 saturated carbocycles. The van der Waals surface area contributed by atoms with Crippen molar-refractivity contribution < 1.29 is 9.90 Å². The van der Waals surface area contributed by atoms with Crippen molar-refractivity contribution in [2.24, 2.45) is 11.1 Å². The molecule has 3 N–H and O–H groups in total. The third kappa shape index (κ3) is 2.99. The SMILES string of the molecule is CC1(O)CCCN(C(=O)C(C)(C)C(C)(C)N)C1. The van der Waals surface area contributed by atoms with Crippen LogP contribution in [0.3, 0.4) is 0 Å². The van der Waals surface area contributed by atoms with Crippen molar-refractivity contribution >= 4 is 5.91 Å². The summed E-state index contributed by atoms with van der Waals surface area (Å²) in [6, 6.07) is 0. The Labute approximate surface area is 104 Å². The number of likely N-dealkylation sites (tertiary alicyclic amines) is 1. The second-order valence-electron chi connectivity index (χ2n) is 6.67. The number of hydrogen-bond acceptors (Lipinski definition) is 3. The first-order valence-corrected chi connectivity index (χ1v) is 6.28. The van der Waals surface area contributed by atoms with Gasteiger partial charge in [0.15, 0.2) is 0 Å². The molecule has 4 heteroatoms. The van der Waals surface area contributed by atoms with Gasteiger partial charge < -0.3 is 15.7 Å². The quantitative estimate of drug-likeness (QED) is 0.762. The molecule has 100 valence electrons. The van der Waals surface area contributed by atoms with Crippen molar-refractivity contribution in [1.82, 2.24) is 4.90 Å². The van der Waals surface area contributed by atoms with Crippen LogP contribution in [0, 0.1) is 5.41 Å². The molecular weight excluding hydrogens is 216 g/mol. The Morgan fingerprint density at radius 3 is 2.29 bits per heavy atom. The number of amides is 1. The molecule has 1 heterocycles. The number of rotatable bonds is 2. The third-order valence-corrected chi connectivity index (χ3v) is 4.11. The molecule has 1 atom stereocenters. The topological polar surface area (TPSA) is 66.6 Å². The molecule has 1 unspecified atom stereocenters. The van der Waals surface area contributed by atoms with Gasteiger partial charge in [0.2, 0.25) is 5.91 Å². The Hall–Kier alpha value is -0.610. The third-order valence-electron chi connectivity index (χ3n) is 4.11. The maximum absolute atomic E-state index is 12.5. The highest BCUT2D eigenvalue weighted by atomic mass is 16.3. The van der Waals surface area contributed by atoms with Crippen LogP contribution in [0.4, 0.5) is 0 Å². The van der Waals surface area contributed by atoms with Gasteiger partial charge in [0.25, 0.3) is 0 Å². The molecule has 0 radical (unpaired) electrons. The maximum atomic E-state index is 12.5. The molecule has 1 saturated heterocycles. The molecule has 1 rings (SSSR count). The number of carbonyl (C=O) groups excluding carboxylic acids is 1. The average Bonchev–Trinajstić information content (AvgIpc) is 2.13. The average molecular weight is 242 g/mol. The first-order chi connectivity index (χ1) is 7.47. The molecule has 0 aromatic rings. The highest BCUT2D eigenvalue weighted by Gasteiger charge is 2.44. The lowest BCUT2D eigenvalue weighted by Crippen LogP contribution is -2.59. The fourth-order valence-corrected chi connectivity index (χ4v) is 2.06. The van der Waals surface area contributed by atoms with E-state index in [2.05, 4.69) is 0 Å². The number of carbonyl (C=O) groups is 1. The summed E-state index contributed by atoms with van der Waals surface area (Å²) in [5.41, 5.74) is 4.12. The first-order valence-electron chi connectivity index (χ1n) is 6.28. The molecule has 0 aliphatic carbocycles. The first kappa shape index (κ1) is 14.5. The Kier molecular flexibility index (Phi) is 3.61. The van der Waals surface area contributed by atoms with Crippen LogP contribution in [-0.2, 0) is 4.79 Å². The van der Waals surface area contributed by atoms with Crippen molar-refractivity contribution in [2.75, 3.05) is 13.1 Å². The summed E-state index contributed by atoms with van der Waals surface area (Å²) in [6.45, 7) is 10.4. The zero-order valence-corrected chi connectivity index (χ0v) is 11.7. The monoisotopic (exact) mass is 242 g/mol. The smallest absolute Gasteiger partial charge is 0.230 e. The van der Waals surface area contributed by atoms with Crippen LogP contribution in [0.1, 0.15) is 47.5 Å². The van der Waals surface area contributed by atoms with Crippen LogP contribution >= 0.6 is 0 Å². The van der Waals surface area contributed by atoms with Gasteiger partial charge in [-0.05, 0) is 47.5 Å². The van der Waals surface area contributed by atoms with Crippen LogP contribution in [0.5, 0.6) is 0 Å². The van der Waals surface area contributed by atoms with Gasteiger partial charge in [-0.25, -0.2) is 0 Å². The van der Waals surface area contributed by atoms with Crippen LogP contribution in [0.15, 0.2) is 0 Å². The molecule has 1 amide bonds. The van der Waals surface area contributed by atoms with Crippen LogP contribution in [0.2, 0.25) is 0 Å². The van der Waals surface area contributed by atoms with Crippen LogP contribution in [0.25, 0.3) is 0 Å². The molecule has 4 nitrogen and oxygen atoms in total. The van der Waals surface area contributed by atoms with E-state index in [1.807, 2.05) is 27.7 Å². The molecule has 1 aliphatic heterocycles. The van der Waals surface area contributed by atoms with Crippen molar-refractivity contribution in [1.29, 1.82) is 0 Å². The van der Waals surface area contributed by atoms with E-state index >= 15 is 0 Å². The maximum Gasteiger partial charge on any atom is 0.230 e. The molecule has 1 aliphatic rings. The molecule has 1 fully saturated rings. The van der Waals surface area contributed by atoms with Crippen molar-refractivity contribution in [2.45, 2.75) is 58.6 Å². The number of nitrogens with two attached hydrogens (primary N) is 1. The van der Waals surface area contributed by atoms with Gasteiger partial charge in [-0.2, -0.15) is 0 Å². The number of hydrogen-bond donors (Lipinski definition) is 2. The van der Waals surface area contributed by atoms with Gasteiger partial charge in [0.05, 0.1) is 11.0 Å². The van der Waals surface area contributed by atoms with E-state index in [-0.39, 0.29) is 5.91 Å². The van der Waals surface area contributed by atoms with Gasteiger partial charge in [0, 0.05) is 18.6 Å². The van der Waals surface area contributed by atoms with E-state index in [1.54, 1.807) is 11.8 Å². The van der Waals surface area contributed by atoms with E-state index < -0.39 is 16.6 Å². The molecule has 17 heavy (non-hydrogen) atoms. The Morgan fingerprint density at radius 2 is 1.88 bits per heavy atom. The summed E-state index contributed by atoms with van der Waals surface area (Å²) in [6.07, 6.45) is 1.60. The standard InChI is InChI=1S/C13H26N2O2/c1-11(2,12(3,4)14)10(16)15-8-6-7-13(5,17)9-15/h17H,6-9,14H2,1-5H3. The lowest BCUT2D eigenvalue weighted by molar-refractivity contribution is -0.149. The van der Waals surface area contributed by atoms with Gasteiger partial charge in [-0.1, -0.05) is 0 Å². The lowest BCUT2D eigenvalue weighted by Gasteiger charge is -2.44. The summed E-state index contributed by atoms with van der Waals surface area (Å²) >= 11 is 0. The second kappa shape index (κ2) is 4.25. The van der Waals surface area contributed by atoms with Crippen molar-refractivity contribution in [3.05, 3.63) is 0 Å². The fraction of sp³-hybridized carbons (Fsp3) is 0.923. The zero-order valence-electron chi connectivity index (χ0n) is 11.7. The summed E-state index contributed by atoms with van der Waals surface area (Å²) < 4.78 is 0. The Bertz CT molecular complexity index is 303. The van der Waals surface area contributed by atoms with Crippen LogP contribution in [-0.4, -0.2) is 40.1 Å². The molecule has 0 spiro atoms. The summed E-state index contributed by atoms with van der Waals surface area (Å²) in [4.78, 5) is 14.2. The fourth-order valence-electron chi connectivity index (χ4n) is 2.06. The number of piperidine rings is 1. The zero-order chi connectivity index (χ0) is 13.5. The summed E-state index contributed by atoms with van der Waals surface area (Å²) in [5.74, 6) is 0.0324. The van der Waals surface area contributed by atoms with Crippen molar-refractivity contribution in [3.63, 3.8) is 0 Å². The highest BCUT2D eigenvalue weighted by molar-refractivity contribution is 5.83. The number of nitrogens with zero attached hydrogens (tertiary/aromatic N) is 1. The van der Waals surface area contributed by atoms with E-state index in [1.165, 1.54) is 0 Å². The van der Waals surface area contributed by atoms with Gasteiger partial charge in [0.1, 0.15) is 0 Å². The normalized spacial score (nSPS) is 27.1. The molecule has 0 aromatic heterocycles. The van der Waals surface area contributed by atoms with Gasteiger partial charge in [-0.3, -0.25) is 4.79 Å². The molecule has 0 aromatic carbocycles. The second-order valence-corrected chi connectivity index (χ2v) is 6.67. The van der Waals surface area contributed by atoms with E-state index in [9.17, 15) is 9.90 Å². The number of β-amino-alcohol motifs (C(OH)–C–C–N with tert-alkyl or cyclic N) is 1. The van der Waals surface area contributed by atoms with E-state index in [4.69, 9.17) is 5.73 Å². The predicted molar refractivity (Wildman–Crippen MR) is 68.5 cm³/mol. The summed E-state index contributed by atoms with van der Waals surface area (Å²) in [5, 5.41) is 10.0. The Balaban J connectivity index is 2.84. The minimum atomic E-state index is -0.761. The minimum absolute atomic E-state index is 0.0324. The molecular formula is C13H26N2O2. The largest absolute Gasteiger partial charge is 0.388 e. The van der Waals surface area contributed by atoms with Crippen molar-refractivity contribution in [3.8, 4) is 0 Å². The van der Waals surface area contributed by atoms with Gasteiger partial charge in [-0.15, -0.1) is 0 Å². The highest BCUT2D eigenvalue weighted by Crippen LogP contribution is 2.32. The van der Waals surface area contributed by atoms with Crippen LogP contribution < -0.4 is 5.73 Å². The van der Waals surface area contributed by atoms with Gasteiger partial charge >= 0.3 is 0 Å².